The van der Waals surface area contributed by atoms with E-state index in [-0.39, 0.29) is 11.8 Å². The van der Waals surface area contributed by atoms with Gasteiger partial charge in [0.15, 0.2) is 0 Å². The molecule has 33 heavy (non-hydrogen) atoms. The highest BCUT2D eigenvalue weighted by Crippen LogP contribution is 2.33. The average molecular weight is 476 g/mol. The molecule has 0 aliphatic rings. The van der Waals surface area contributed by atoms with Gasteiger partial charge < -0.3 is 10.6 Å². The number of benzene rings is 2. The van der Waals surface area contributed by atoms with Crippen molar-refractivity contribution in [1.29, 1.82) is 0 Å². The lowest BCUT2D eigenvalue weighted by Gasteiger charge is -2.22. The maximum atomic E-state index is 13.0. The molecule has 0 fully saturated rings. The third-order valence-electron chi connectivity index (χ3n) is 5.49. The predicted octanol–water partition coefficient (Wildman–Crippen LogP) is 5.66. The molecule has 2 atom stereocenters. The highest BCUT2D eigenvalue weighted by atomic mass is 35.5. The van der Waals surface area contributed by atoms with Crippen molar-refractivity contribution in [3.8, 4) is 0 Å². The number of aryl methyl sites for hydroxylation is 1. The van der Waals surface area contributed by atoms with E-state index in [0.717, 1.165) is 22.8 Å². The first-order valence-corrected chi connectivity index (χ1v) is 10.9. The van der Waals surface area contributed by atoms with Gasteiger partial charge in [-0.25, -0.2) is 0 Å². The molecule has 0 radical (unpaired) electrons. The Labute approximate surface area is 196 Å². The lowest BCUT2D eigenvalue weighted by molar-refractivity contribution is -0.141. The van der Waals surface area contributed by atoms with Gasteiger partial charge in [0.25, 0.3) is 0 Å². The summed E-state index contributed by atoms with van der Waals surface area (Å²) in [5, 5.41) is 6.56. The summed E-state index contributed by atoms with van der Waals surface area (Å²) in [6, 6.07) is 16.8. The molecular formula is C25H25ClF3N3O. The molecule has 3 aromatic rings. The van der Waals surface area contributed by atoms with Crippen molar-refractivity contribution in [3.05, 3.63) is 99.8 Å². The zero-order valence-electron chi connectivity index (χ0n) is 18.3. The van der Waals surface area contributed by atoms with Gasteiger partial charge >= 0.3 is 6.18 Å². The van der Waals surface area contributed by atoms with Gasteiger partial charge in [-0.1, -0.05) is 60.1 Å². The number of hydrogen-bond acceptors (Lipinski definition) is 3. The van der Waals surface area contributed by atoms with E-state index in [0.29, 0.717) is 23.6 Å². The number of nitrogens with zero attached hydrogens (tertiary/aromatic N) is 1. The van der Waals surface area contributed by atoms with E-state index in [2.05, 4.69) is 15.6 Å². The van der Waals surface area contributed by atoms with Crippen LogP contribution in [0.2, 0.25) is 5.02 Å². The average Bonchev–Trinajstić information content (AvgIpc) is 2.81. The molecule has 0 spiro atoms. The van der Waals surface area contributed by atoms with Crippen molar-refractivity contribution in [2.45, 2.75) is 31.5 Å². The van der Waals surface area contributed by atoms with Crippen LogP contribution in [0.1, 0.15) is 46.3 Å². The smallest absolute Gasteiger partial charge is 0.358 e. The number of pyridine rings is 1. The van der Waals surface area contributed by atoms with Gasteiger partial charge in [-0.15, -0.1) is 0 Å². The van der Waals surface area contributed by atoms with Crippen molar-refractivity contribution in [2.24, 2.45) is 0 Å². The predicted molar refractivity (Wildman–Crippen MR) is 123 cm³/mol. The number of amides is 1. The van der Waals surface area contributed by atoms with Crippen LogP contribution in [0.4, 0.5) is 13.2 Å². The third kappa shape index (κ3) is 6.33. The van der Waals surface area contributed by atoms with Crippen LogP contribution in [-0.4, -0.2) is 24.5 Å². The van der Waals surface area contributed by atoms with Crippen molar-refractivity contribution >= 4 is 17.5 Å². The topological polar surface area (TPSA) is 54.0 Å². The Kier molecular flexibility index (Phi) is 8.10. The molecule has 174 valence electrons. The van der Waals surface area contributed by atoms with Gasteiger partial charge in [0, 0.05) is 24.2 Å². The van der Waals surface area contributed by atoms with Gasteiger partial charge in [0.1, 0.15) is 11.7 Å². The first kappa shape index (κ1) is 24.7. The summed E-state index contributed by atoms with van der Waals surface area (Å²) < 4.78 is 38.9. The Morgan fingerprint density at radius 3 is 2.30 bits per heavy atom. The van der Waals surface area contributed by atoms with Crippen LogP contribution >= 0.6 is 11.6 Å². The Morgan fingerprint density at radius 1 is 1.03 bits per heavy atom. The summed E-state index contributed by atoms with van der Waals surface area (Å²) >= 11 is 6.17. The number of likely N-dealkylation sites (N-methyl/N-ethyl adjacent to an activating group) is 1. The molecule has 0 aliphatic carbocycles. The highest BCUT2D eigenvalue weighted by molar-refractivity contribution is 6.31. The van der Waals surface area contributed by atoms with E-state index in [9.17, 15) is 18.0 Å². The summed E-state index contributed by atoms with van der Waals surface area (Å²) in [6.07, 6.45) is -2.69. The fourth-order valence-corrected chi connectivity index (χ4v) is 3.83. The number of halogens is 4. The van der Waals surface area contributed by atoms with Crippen molar-refractivity contribution < 1.29 is 18.0 Å². The van der Waals surface area contributed by atoms with Crippen LogP contribution in [0, 0.1) is 6.92 Å². The molecule has 4 nitrogen and oxygen atoms in total. The van der Waals surface area contributed by atoms with Gasteiger partial charge in [-0.3, -0.25) is 9.78 Å². The number of carbonyl (C=O) groups is 1. The quantitative estimate of drug-likeness (QED) is 0.442. The van der Waals surface area contributed by atoms with Gasteiger partial charge in [0.2, 0.25) is 5.91 Å². The zero-order valence-corrected chi connectivity index (χ0v) is 19.0. The second-order valence-corrected chi connectivity index (χ2v) is 8.14. The molecule has 0 bridgehead atoms. The second kappa shape index (κ2) is 10.8. The van der Waals surface area contributed by atoms with E-state index in [1.165, 1.54) is 12.3 Å². The van der Waals surface area contributed by atoms with Crippen LogP contribution < -0.4 is 10.6 Å². The molecule has 0 unspecified atom stereocenters. The molecule has 0 saturated heterocycles. The lowest BCUT2D eigenvalue weighted by Crippen LogP contribution is -2.36. The summed E-state index contributed by atoms with van der Waals surface area (Å²) in [5.74, 6) is -0.402. The number of aromatic nitrogens is 1. The van der Waals surface area contributed by atoms with Crippen molar-refractivity contribution in [3.63, 3.8) is 0 Å². The van der Waals surface area contributed by atoms with Crippen LogP contribution in [0.15, 0.2) is 66.9 Å². The first-order chi connectivity index (χ1) is 15.7. The molecule has 0 saturated carbocycles. The molecule has 1 aromatic heterocycles. The molecule has 1 amide bonds. The van der Waals surface area contributed by atoms with Crippen molar-refractivity contribution in [1.82, 2.24) is 15.6 Å². The van der Waals surface area contributed by atoms with Gasteiger partial charge in [-0.2, -0.15) is 13.2 Å². The molecule has 1 heterocycles. The minimum atomic E-state index is -4.50. The summed E-state index contributed by atoms with van der Waals surface area (Å²) in [5.41, 5.74) is 2.34. The van der Waals surface area contributed by atoms with E-state index in [1.807, 2.05) is 49.4 Å². The number of hydrogen-bond donors (Lipinski definition) is 2. The Hall–Kier alpha value is -2.90. The van der Waals surface area contributed by atoms with E-state index >= 15 is 0 Å². The van der Waals surface area contributed by atoms with Crippen LogP contribution in [0.25, 0.3) is 0 Å². The van der Waals surface area contributed by atoms with E-state index in [1.54, 1.807) is 13.1 Å². The fraction of sp³-hybridized carbons (Fsp3) is 0.280. The molecule has 2 aromatic carbocycles. The monoisotopic (exact) mass is 475 g/mol. The number of rotatable bonds is 8. The summed E-state index contributed by atoms with van der Waals surface area (Å²) in [6.45, 7) is 2.32. The summed E-state index contributed by atoms with van der Waals surface area (Å²) in [7, 11) is 1.58. The number of carbonyl (C=O) groups excluding carboxylic acids is 1. The minimum Gasteiger partial charge on any atom is -0.358 e. The van der Waals surface area contributed by atoms with Crippen LogP contribution in [-0.2, 0) is 11.0 Å². The number of nitrogens with one attached hydrogen (secondary N) is 2. The molecule has 8 heteroatoms. The SMILES string of the molecule is CNC(=O)[C@H](NCC[C@@H](c1ccc(C(F)(F)F)nc1)c1ccc(Cl)c(C)c1)c1ccccc1. The molecule has 0 aliphatic heterocycles. The summed E-state index contributed by atoms with van der Waals surface area (Å²) in [4.78, 5) is 16.1. The van der Waals surface area contributed by atoms with E-state index < -0.39 is 17.9 Å². The van der Waals surface area contributed by atoms with Gasteiger partial charge in [-0.05, 0) is 54.3 Å². The highest BCUT2D eigenvalue weighted by Gasteiger charge is 2.32. The normalized spacial score (nSPS) is 13.4. The fourth-order valence-electron chi connectivity index (χ4n) is 3.71. The standard InChI is InChI=1S/C25H25ClF3N3O/c1-16-14-18(8-10-21(16)26)20(19-9-11-22(32-15-19)25(27,28)29)12-13-31-23(24(33)30-2)17-6-4-3-5-7-17/h3-11,14-15,20,23,31H,12-13H2,1-2H3,(H,30,33)/t20-,23-/m1/s1. The van der Waals surface area contributed by atoms with E-state index in [4.69, 9.17) is 11.6 Å². The molecule has 2 N–H and O–H groups in total. The first-order valence-electron chi connectivity index (χ1n) is 10.5. The van der Waals surface area contributed by atoms with Crippen LogP contribution in [0.5, 0.6) is 0 Å². The lowest BCUT2D eigenvalue weighted by atomic mass is 9.88. The zero-order chi connectivity index (χ0) is 24.0. The number of alkyl halides is 3. The van der Waals surface area contributed by atoms with Gasteiger partial charge in [0.05, 0.1) is 0 Å². The Morgan fingerprint density at radius 2 is 1.73 bits per heavy atom. The Bertz CT molecular complexity index is 1070. The molecule has 3 rings (SSSR count). The third-order valence-corrected chi connectivity index (χ3v) is 5.91. The largest absolute Gasteiger partial charge is 0.433 e. The maximum Gasteiger partial charge on any atom is 0.433 e. The molecular weight excluding hydrogens is 451 g/mol. The maximum absolute atomic E-state index is 13.0. The van der Waals surface area contributed by atoms with Crippen LogP contribution in [0.3, 0.4) is 0 Å². The Balaban J connectivity index is 1.85. The van der Waals surface area contributed by atoms with Crippen molar-refractivity contribution in [2.75, 3.05) is 13.6 Å². The second-order valence-electron chi connectivity index (χ2n) is 7.74. The minimum absolute atomic E-state index is 0.170.